The number of benzene rings is 2. The zero-order valence-electron chi connectivity index (χ0n) is 22.5. The predicted molar refractivity (Wildman–Crippen MR) is 145 cm³/mol. The van der Waals surface area contributed by atoms with E-state index in [0.717, 1.165) is 24.3 Å². The Morgan fingerprint density at radius 3 is 1.45 bits per heavy atom. The minimum absolute atomic E-state index is 0.175. The Bertz CT molecular complexity index is 979. The first-order valence-corrected chi connectivity index (χ1v) is 12.9. The molecule has 1 heterocycles. The van der Waals surface area contributed by atoms with Crippen LogP contribution in [0.25, 0.3) is 0 Å². The van der Waals surface area contributed by atoms with Crippen LogP contribution < -0.4 is 15.1 Å². The van der Waals surface area contributed by atoms with Gasteiger partial charge in [-0.25, -0.2) is 9.59 Å². The number of hydrogen-bond donors (Lipinski definition) is 1. The second-order valence-corrected chi connectivity index (χ2v) is 8.97. The molecular formula is C28H39N3O7. The molecule has 0 bridgehead atoms. The number of ether oxygens (including phenoxy) is 5. The topological polar surface area (TPSA) is 98.8 Å². The molecule has 1 atom stereocenters. The summed E-state index contributed by atoms with van der Waals surface area (Å²) in [5, 5.41) is 3.35. The van der Waals surface area contributed by atoms with Crippen LogP contribution in [0.5, 0.6) is 0 Å². The van der Waals surface area contributed by atoms with Crippen LogP contribution in [0.2, 0.25) is 0 Å². The summed E-state index contributed by atoms with van der Waals surface area (Å²) >= 11 is 0. The van der Waals surface area contributed by atoms with Crippen LogP contribution in [-0.4, -0.2) is 98.6 Å². The molecule has 1 unspecified atom stereocenters. The minimum Gasteiger partial charge on any atom is -0.460 e. The molecule has 38 heavy (non-hydrogen) atoms. The molecule has 2 aromatic carbocycles. The van der Waals surface area contributed by atoms with Gasteiger partial charge in [0.25, 0.3) is 0 Å². The number of esters is 2. The number of anilines is 2. The summed E-state index contributed by atoms with van der Waals surface area (Å²) in [7, 11) is 5.91. The molecule has 0 aliphatic carbocycles. The fraction of sp³-hybridized carbons (Fsp3) is 0.500. The molecule has 0 amide bonds. The molecule has 3 rings (SSSR count). The Kier molecular flexibility index (Phi) is 12.3. The predicted octanol–water partition coefficient (Wildman–Crippen LogP) is 2.57. The van der Waals surface area contributed by atoms with E-state index in [4.69, 9.17) is 23.7 Å². The Morgan fingerprint density at radius 2 is 1.08 bits per heavy atom. The number of nitrogens with zero attached hydrogens (tertiary/aromatic N) is 2. The highest BCUT2D eigenvalue weighted by molar-refractivity contribution is 5.90. The van der Waals surface area contributed by atoms with E-state index in [0.29, 0.717) is 56.9 Å². The molecule has 0 saturated carbocycles. The van der Waals surface area contributed by atoms with Gasteiger partial charge in [0.05, 0.1) is 56.9 Å². The van der Waals surface area contributed by atoms with Gasteiger partial charge < -0.3 is 33.5 Å². The van der Waals surface area contributed by atoms with Crippen molar-refractivity contribution in [2.75, 3.05) is 90.3 Å². The lowest BCUT2D eigenvalue weighted by Crippen LogP contribution is -2.53. The fourth-order valence-corrected chi connectivity index (χ4v) is 3.61. The summed E-state index contributed by atoms with van der Waals surface area (Å²) in [4.78, 5) is 28.3. The minimum atomic E-state index is -0.374. The molecule has 1 aliphatic heterocycles. The van der Waals surface area contributed by atoms with Gasteiger partial charge in [0, 0.05) is 39.1 Å². The molecular weight excluding hydrogens is 490 g/mol. The second-order valence-electron chi connectivity index (χ2n) is 8.97. The lowest BCUT2D eigenvalue weighted by molar-refractivity contribution is -0.00674. The third-order valence-electron chi connectivity index (χ3n) is 6.06. The Labute approximate surface area is 224 Å². The summed E-state index contributed by atoms with van der Waals surface area (Å²) in [6.45, 7) is 3.56. The van der Waals surface area contributed by atoms with Crippen molar-refractivity contribution in [2.45, 2.75) is 12.6 Å². The van der Waals surface area contributed by atoms with Crippen LogP contribution in [0.15, 0.2) is 48.5 Å². The first-order chi connectivity index (χ1) is 18.5. The molecule has 2 aromatic rings. The molecule has 10 nitrogen and oxygen atoms in total. The van der Waals surface area contributed by atoms with Crippen LogP contribution >= 0.6 is 0 Å². The maximum atomic E-state index is 12.2. The molecule has 1 N–H and O–H groups in total. The van der Waals surface area contributed by atoms with Gasteiger partial charge in [0.15, 0.2) is 0 Å². The van der Waals surface area contributed by atoms with Crippen LogP contribution in [0.4, 0.5) is 11.4 Å². The standard InChI is InChI=1S/C28H39N3O7/c1-30(2)24-8-4-22(5-9-24)27(32)37-20-18-35-16-14-34-15-17-36-19-21-38-28(33)23-6-10-25(11-7-23)31(3)26-12-13-29-26/h4-11,26,29H,12-21H2,1-3H3. The quantitative estimate of drug-likeness (QED) is 0.243. The van der Waals surface area contributed by atoms with Crippen molar-refractivity contribution in [1.29, 1.82) is 0 Å². The van der Waals surface area contributed by atoms with Gasteiger partial charge >= 0.3 is 11.9 Å². The van der Waals surface area contributed by atoms with Gasteiger partial charge in [-0.2, -0.15) is 0 Å². The van der Waals surface area contributed by atoms with Crippen molar-refractivity contribution in [1.82, 2.24) is 5.32 Å². The SMILES string of the molecule is CN(C)c1ccc(C(=O)OCCOCCOCCOCCOC(=O)c2ccc(N(C)C3CCN3)cc2)cc1. The number of rotatable bonds is 17. The van der Waals surface area contributed by atoms with Gasteiger partial charge in [0.1, 0.15) is 13.2 Å². The van der Waals surface area contributed by atoms with Crippen molar-refractivity contribution in [3.05, 3.63) is 59.7 Å². The van der Waals surface area contributed by atoms with Gasteiger partial charge in [-0.1, -0.05) is 0 Å². The van der Waals surface area contributed by atoms with Crippen LogP contribution in [0.1, 0.15) is 27.1 Å². The van der Waals surface area contributed by atoms with Gasteiger partial charge in [-0.3, -0.25) is 5.32 Å². The van der Waals surface area contributed by atoms with Crippen LogP contribution in [-0.2, 0) is 23.7 Å². The molecule has 208 valence electrons. The van der Waals surface area contributed by atoms with E-state index in [2.05, 4.69) is 10.2 Å². The van der Waals surface area contributed by atoms with Gasteiger partial charge in [-0.05, 0) is 55.0 Å². The monoisotopic (exact) mass is 529 g/mol. The lowest BCUT2D eigenvalue weighted by Gasteiger charge is -2.37. The van der Waals surface area contributed by atoms with E-state index >= 15 is 0 Å². The van der Waals surface area contributed by atoms with Crippen LogP contribution in [0, 0.1) is 0 Å². The highest BCUT2D eigenvalue weighted by Crippen LogP contribution is 2.19. The Balaban J connectivity index is 1.12. The largest absolute Gasteiger partial charge is 0.460 e. The van der Waals surface area contributed by atoms with E-state index < -0.39 is 0 Å². The number of carbonyl (C=O) groups excluding carboxylic acids is 2. The number of carbonyl (C=O) groups is 2. The van der Waals surface area contributed by atoms with Crippen molar-refractivity contribution in [3.8, 4) is 0 Å². The van der Waals surface area contributed by atoms with E-state index in [1.165, 1.54) is 0 Å². The lowest BCUT2D eigenvalue weighted by atomic mass is 10.1. The summed E-state index contributed by atoms with van der Waals surface area (Å²) in [5.41, 5.74) is 3.09. The fourth-order valence-electron chi connectivity index (χ4n) is 3.61. The highest BCUT2D eigenvalue weighted by atomic mass is 16.6. The first-order valence-electron chi connectivity index (χ1n) is 12.9. The van der Waals surface area contributed by atoms with E-state index in [1.54, 1.807) is 24.3 Å². The first kappa shape index (κ1) is 29.4. The zero-order valence-corrected chi connectivity index (χ0v) is 22.5. The third kappa shape index (κ3) is 9.60. The zero-order chi connectivity index (χ0) is 27.2. The smallest absolute Gasteiger partial charge is 0.338 e. The van der Waals surface area contributed by atoms with Crippen molar-refractivity contribution in [2.24, 2.45) is 0 Å². The maximum absolute atomic E-state index is 12.2. The average Bonchev–Trinajstić information content (AvgIpc) is 2.90. The summed E-state index contributed by atoms with van der Waals surface area (Å²) < 4.78 is 26.8. The molecule has 0 radical (unpaired) electrons. The van der Waals surface area contributed by atoms with E-state index in [-0.39, 0.29) is 25.2 Å². The molecule has 1 saturated heterocycles. The van der Waals surface area contributed by atoms with E-state index in [9.17, 15) is 9.59 Å². The van der Waals surface area contributed by atoms with E-state index in [1.807, 2.05) is 50.3 Å². The molecule has 1 aliphatic rings. The summed E-state index contributed by atoms with van der Waals surface area (Å²) in [6, 6.07) is 14.6. The van der Waals surface area contributed by atoms with Crippen molar-refractivity contribution >= 4 is 23.3 Å². The third-order valence-corrected chi connectivity index (χ3v) is 6.06. The molecule has 0 spiro atoms. The molecule has 1 fully saturated rings. The number of nitrogens with one attached hydrogen (secondary N) is 1. The number of hydrogen-bond acceptors (Lipinski definition) is 10. The molecule has 0 aromatic heterocycles. The van der Waals surface area contributed by atoms with Crippen LogP contribution in [0.3, 0.4) is 0 Å². The molecule has 10 heteroatoms. The summed E-state index contributed by atoms with van der Waals surface area (Å²) in [5.74, 6) is -0.744. The van der Waals surface area contributed by atoms with Gasteiger partial charge in [0.2, 0.25) is 0 Å². The highest BCUT2D eigenvalue weighted by Gasteiger charge is 2.21. The Morgan fingerprint density at radius 1 is 0.684 bits per heavy atom. The average molecular weight is 530 g/mol. The second kappa shape index (κ2) is 15.9. The van der Waals surface area contributed by atoms with Crippen molar-refractivity contribution in [3.63, 3.8) is 0 Å². The normalized spacial score (nSPS) is 14.4. The summed E-state index contributed by atoms with van der Waals surface area (Å²) in [6.07, 6.45) is 1.47. The van der Waals surface area contributed by atoms with Gasteiger partial charge in [-0.15, -0.1) is 0 Å². The van der Waals surface area contributed by atoms with Crippen molar-refractivity contribution < 1.29 is 33.3 Å². The maximum Gasteiger partial charge on any atom is 0.338 e. The Hall–Kier alpha value is -3.18.